The third-order valence-corrected chi connectivity index (χ3v) is 3.29. The molecule has 0 bridgehead atoms. The smallest absolute Gasteiger partial charge is 0.323 e. The predicted octanol–water partition coefficient (Wildman–Crippen LogP) is 2.68. The van der Waals surface area contributed by atoms with Crippen LogP contribution in [0.5, 0.6) is 5.75 Å². The topological polar surface area (TPSA) is 66.8 Å². The zero-order valence-electron chi connectivity index (χ0n) is 11.9. The van der Waals surface area contributed by atoms with Gasteiger partial charge in [0, 0.05) is 0 Å². The van der Waals surface area contributed by atoms with Gasteiger partial charge >= 0.3 is 5.97 Å². The number of benzene rings is 2. The zero-order valence-corrected chi connectivity index (χ0v) is 11.9. The van der Waals surface area contributed by atoms with Gasteiger partial charge in [0.05, 0.1) is 5.69 Å². The Morgan fingerprint density at radius 2 is 1.87 bits per heavy atom. The van der Waals surface area contributed by atoms with Gasteiger partial charge in [-0.3, -0.25) is 14.5 Å². The third kappa shape index (κ3) is 3.06. The molecule has 1 amide bonds. The number of carboxylic acids is 1. The van der Waals surface area contributed by atoms with Crippen molar-refractivity contribution in [3.8, 4) is 5.75 Å². The Kier molecular flexibility index (Phi) is 3.80. The molecule has 0 unspecified atom stereocenters. The first-order valence-corrected chi connectivity index (χ1v) is 6.82. The van der Waals surface area contributed by atoms with E-state index in [1.54, 1.807) is 24.3 Å². The molecule has 116 valence electrons. The molecule has 6 heteroatoms. The van der Waals surface area contributed by atoms with E-state index in [9.17, 15) is 14.0 Å². The second-order valence-corrected chi connectivity index (χ2v) is 4.91. The Morgan fingerprint density at radius 1 is 1.17 bits per heavy atom. The fourth-order valence-corrected chi connectivity index (χ4v) is 2.26. The van der Waals surface area contributed by atoms with Crippen LogP contribution in [0.15, 0.2) is 54.3 Å². The van der Waals surface area contributed by atoms with E-state index in [2.05, 4.69) is 0 Å². The molecular formula is C17H12FNO4. The number of rotatable bonds is 3. The first-order valence-electron chi connectivity index (χ1n) is 6.82. The van der Waals surface area contributed by atoms with Crippen LogP contribution in [0, 0.1) is 5.82 Å². The van der Waals surface area contributed by atoms with Crippen LogP contribution >= 0.6 is 0 Å². The fourth-order valence-electron chi connectivity index (χ4n) is 2.26. The molecule has 5 nitrogen and oxygen atoms in total. The van der Waals surface area contributed by atoms with Crippen molar-refractivity contribution in [3.63, 3.8) is 0 Å². The molecule has 0 radical (unpaired) electrons. The van der Waals surface area contributed by atoms with Crippen LogP contribution in [0.4, 0.5) is 10.1 Å². The van der Waals surface area contributed by atoms with Crippen molar-refractivity contribution >= 4 is 23.6 Å². The molecule has 0 saturated carbocycles. The van der Waals surface area contributed by atoms with Gasteiger partial charge in [0.1, 0.15) is 12.4 Å². The van der Waals surface area contributed by atoms with Gasteiger partial charge in [0.2, 0.25) is 0 Å². The number of carboxylic acid groups (broad SMARTS) is 1. The summed E-state index contributed by atoms with van der Waals surface area (Å²) < 4.78 is 18.5. The fraction of sp³-hybridized carbons (Fsp3) is 0.0588. The Balaban J connectivity index is 2.01. The molecule has 3 rings (SSSR count). The maximum Gasteiger partial charge on any atom is 0.323 e. The van der Waals surface area contributed by atoms with E-state index in [0.717, 1.165) is 4.90 Å². The van der Waals surface area contributed by atoms with E-state index in [-0.39, 0.29) is 11.6 Å². The summed E-state index contributed by atoms with van der Waals surface area (Å²) in [5, 5.41) is 9.02. The number of anilines is 1. The summed E-state index contributed by atoms with van der Waals surface area (Å²) in [6.07, 6.45) is 1.45. The lowest BCUT2D eigenvalue weighted by Gasteiger charge is -2.29. The van der Waals surface area contributed by atoms with E-state index in [4.69, 9.17) is 9.84 Å². The summed E-state index contributed by atoms with van der Waals surface area (Å²) in [6.45, 7) is -0.472. The Labute approximate surface area is 131 Å². The molecule has 1 aliphatic heterocycles. The second-order valence-electron chi connectivity index (χ2n) is 4.91. The van der Waals surface area contributed by atoms with E-state index in [1.807, 2.05) is 0 Å². The molecule has 2 aromatic rings. The number of aliphatic carboxylic acids is 1. The number of fused-ring (bicyclic) bond motifs is 1. The minimum atomic E-state index is -1.13. The third-order valence-electron chi connectivity index (χ3n) is 3.29. The summed E-state index contributed by atoms with van der Waals surface area (Å²) >= 11 is 0. The molecule has 0 spiro atoms. The van der Waals surface area contributed by atoms with Crippen molar-refractivity contribution in [2.75, 3.05) is 11.4 Å². The summed E-state index contributed by atoms with van der Waals surface area (Å²) in [5.41, 5.74) is 0.973. The van der Waals surface area contributed by atoms with Crippen LogP contribution in [-0.4, -0.2) is 23.5 Å². The highest BCUT2D eigenvalue weighted by Crippen LogP contribution is 2.35. The minimum Gasteiger partial charge on any atom is -0.480 e. The maximum atomic E-state index is 13.0. The van der Waals surface area contributed by atoms with Gasteiger partial charge in [0.25, 0.3) is 5.91 Å². The molecule has 0 aliphatic carbocycles. The first-order chi connectivity index (χ1) is 11.0. The lowest BCUT2D eigenvalue weighted by atomic mass is 10.1. The van der Waals surface area contributed by atoms with Crippen LogP contribution in [0.25, 0.3) is 6.08 Å². The van der Waals surface area contributed by atoms with Crippen molar-refractivity contribution in [2.24, 2.45) is 0 Å². The normalized spacial score (nSPS) is 15.3. The van der Waals surface area contributed by atoms with E-state index < -0.39 is 18.4 Å². The van der Waals surface area contributed by atoms with Crippen LogP contribution in [0.3, 0.4) is 0 Å². The van der Waals surface area contributed by atoms with Crippen molar-refractivity contribution in [3.05, 3.63) is 65.7 Å². The van der Waals surface area contributed by atoms with Gasteiger partial charge in [-0.15, -0.1) is 0 Å². The number of hydrogen-bond donors (Lipinski definition) is 1. The lowest BCUT2D eigenvalue weighted by Crippen LogP contribution is -2.40. The molecule has 1 aliphatic rings. The number of ether oxygens (including phenoxy) is 1. The average molecular weight is 313 g/mol. The monoisotopic (exact) mass is 313 g/mol. The van der Waals surface area contributed by atoms with Crippen LogP contribution in [0.2, 0.25) is 0 Å². The molecule has 1 heterocycles. The highest BCUT2D eigenvalue weighted by Gasteiger charge is 2.31. The SMILES string of the molecule is O=C(O)CN1C(=O)C(=Cc2ccc(F)cc2)Oc2ccccc21. The number of halogens is 1. The predicted molar refractivity (Wildman–Crippen MR) is 81.4 cm³/mol. The zero-order chi connectivity index (χ0) is 16.4. The number of nitrogens with zero attached hydrogens (tertiary/aromatic N) is 1. The summed E-state index contributed by atoms with van der Waals surface area (Å²) in [7, 11) is 0. The molecule has 0 atom stereocenters. The molecule has 1 N–H and O–H groups in total. The van der Waals surface area contributed by atoms with Gasteiger partial charge in [-0.05, 0) is 35.9 Å². The number of para-hydroxylation sites is 2. The van der Waals surface area contributed by atoms with Gasteiger partial charge in [-0.2, -0.15) is 0 Å². The van der Waals surface area contributed by atoms with E-state index >= 15 is 0 Å². The van der Waals surface area contributed by atoms with Gasteiger partial charge < -0.3 is 9.84 Å². The number of amides is 1. The minimum absolute atomic E-state index is 0.0171. The number of carbonyl (C=O) groups excluding carboxylic acids is 1. The largest absolute Gasteiger partial charge is 0.480 e. The standard InChI is InChI=1S/C17H12FNO4/c18-12-7-5-11(6-8-12)9-15-17(22)19(10-16(20)21)13-3-1-2-4-14(13)23-15/h1-9H,10H2,(H,20,21). The highest BCUT2D eigenvalue weighted by atomic mass is 19.1. The average Bonchev–Trinajstić information content (AvgIpc) is 2.53. The van der Waals surface area contributed by atoms with Gasteiger partial charge in [-0.1, -0.05) is 24.3 Å². The Morgan fingerprint density at radius 3 is 2.57 bits per heavy atom. The molecule has 0 aromatic heterocycles. The van der Waals surface area contributed by atoms with Crippen LogP contribution < -0.4 is 9.64 Å². The van der Waals surface area contributed by atoms with Crippen LogP contribution in [0.1, 0.15) is 5.56 Å². The molecule has 2 aromatic carbocycles. The quantitative estimate of drug-likeness (QED) is 0.885. The maximum absolute atomic E-state index is 13.0. The molecular weight excluding hydrogens is 301 g/mol. The van der Waals surface area contributed by atoms with E-state index in [1.165, 1.54) is 30.3 Å². The number of carbonyl (C=O) groups is 2. The summed E-state index contributed by atoms with van der Waals surface area (Å²) in [5.74, 6) is -1.70. The lowest BCUT2D eigenvalue weighted by molar-refractivity contribution is -0.136. The van der Waals surface area contributed by atoms with Crippen molar-refractivity contribution in [1.29, 1.82) is 0 Å². The first kappa shape index (κ1) is 14.8. The van der Waals surface area contributed by atoms with Crippen molar-refractivity contribution < 1.29 is 23.8 Å². The Hall–Kier alpha value is -3.15. The summed E-state index contributed by atoms with van der Waals surface area (Å²) in [6, 6.07) is 12.2. The summed E-state index contributed by atoms with van der Waals surface area (Å²) in [4.78, 5) is 24.7. The molecule has 23 heavy (non-hydrogen) atoms. The second kappa shape index (κ2) is 5.92. The molecule has 0 saturated heterocycles. The molecule has 0 fully saturated rings. The van der Waals surface area contributed by atoms with Gasteiger partial charge in [-0.25, -0.2) is 4.39 Å². The van der Waals surface area contributed by atoms with Crippen molar-refractivity contribution in [2.45, 2.75) is 0 Å². The van der Waals surface area contributed by atoms with Gasteiger partial charge in [0.15, 0.2) is 11.5 Å². The van der Waals surface area contributed by atoms with Crippen molar-refractivity contribution in [1.82, 2.24) is 0 Å². The van der Waals surface area contributed by atoms with E-state index in [0.29, 0.717) is 17.0 Å². The number of hydrogen-bond acceptors (Lipinski definition) is 3. The Bertz CT molecular complexity index is 798. The highest BCUT2D eigenvalue weighted by molar-refractivity contribution is 6.11. The van der Waals surface area contributed by atoms with Crippen LogP contribution in [-0.2, 0) is 9.59 Å².